The van der Waals surface area contributed by atoms with Crippen molar-refractivity contribution >= 4 is 5.97 Å². The molecule has 1 fully saturated rings. The first-order valence-corrected chi connectivity index (χ1v) is 8.37. The fourth-order valence-corrected chi connectivity index (χ4v) is 3.58. The summed E-state index contributed by atoms with van der Waals surface area (Å²) in [5.41, 5.74) is -0.391. The topological polar surface area (TPSA) is 59.3 Å². The van der Waals surface area contributed by atoms with Crippen molar-refractivity contribution in [1.82, 2.24) is 0 Å². The zero-order valence-corrected chi connectivity index (χ0v) is 14.5. The molecule has 0 aliphatic carbocycles. The van der Waals surface area contributed by atoms with E-state index in [9.17, 15) is 14.4 Å². The molecule has 0 spiro atoms. The molecule has 0 aromatic heterocycles. The first kappa shape index (κ1) is 18.4. The smallest absolute Gasteiger partial charge is 0.324 e. The van der Waals surface area contributed by atoms with Gasteiger partial charge in [0.15, 0.2) is 5.92 Å². The van der Waals surface area contributed by atoms with Gasteiger partial charge in [0.2, 0.25) is 0 Å². The van der Waals surface area contributed by atoms with Crippen LogP contribution in [-0.2, 0) is 19.7 Å². The Kier molecular flexibility index (Phi) is 5.61. The summed E-state index contributed by atoms with van der Waals surface area (Å²) in [6.07, 6.45) is 1.79. The lowest BCUT2D eigenvalue weighted by atomic mass is 9.61. The van der Waals surface area contributed by atoms with Crippen LogP contribution in [0.2, 0.25) is 0 Å². The minimum absolute atomic E-state index is 0.220. The van der Waals surface area contributed by atoms with Gasteiger partial charge < -0.3 is 9.47 Å². The van der Waals surface area contributed by atoms with Crippen molar-refractivity contribution in [2.45, 2.75) is 51.0 Å². The summed E-state index contributed by atoms with van der Waals surface area (Å²) in [5.74, 6) is -1.81. The van der Waals surface area contributed by atoms with Crippen LogP contribution in [0.5, 0.6) is 0 Å². The molecule has 0 unspecified atom stereocenters. The van der Waals surface area contributed by atoms with E-state index in [0.29, 0.717) is 19.4 Å². The van der Waals surface area contributed by atoms with Crippen LogP contribution in [0.4, 0.5) is 4.39 Å². The molecular formula is C19H24FNO3. The molecule has 1 aromatic rings. The highest BCUT2D eigenvalue weighted by Crippen LogP contribution is 2.48. The fraction of sp³-hybridized carbons (Fsp3) is 0.579. The Labute approximate surface area is 142 Å². The lowest BCUT2D eigenvalue weighted by molar-refractivity contribution is -0.154. The van der Waals surface area contributed by atoms with Gasteiger partial charge in [-0.1, -0.05) is 19.1 Å². The Morgan fingerprint density at radius 2 is 2.08 bits per heavy atom. The van der Waals surface area contributed by atoms with Gasteiger partial charge in [-0.05, 0) is 50.8 Å². The maximum atomic E-state index is 13.4. The van der Waals surface area contributed by atoms with Gasteiger partial charge in [-0.3, -0.25) is 4.79 Å². The lowest BCUT2D eigenvalue weighted by Gasteiger charge is -2.47. The van der Waals surface area contributed by atoms with Gasteiger partial charge in [0.25, 0.3) is 0 Å². The highest BCUT2D eigenvalue weighted by Gasteiger charge is 2.51. The van der Waals surface area contributed by atoms with Crippen LogP contribution in [0.1, 0.15) is 45.6 Å². The van der Waals surface area contributed by atoms with E-state index in [2.05, 4.69) is 6.07 Å². The quantitative estimate of drug-likeness (QED) is 0.770. The van der Waals surface area contributed by atoms with Gasteiger partial charge >= 0.3 is 5.97 Å². The fourth-order valence-electron chi connectivity index (χ4n) is 3.58. The molecule has 1 aliphatic rings. The van der Waals surface area contributed by atoms with E-state index in [4.69, 9.17) is 9.47 Å². The van der Waals surface area contributed by atoms with Crippen LogP contribution in [0, 0.1) is 23.1 Å². The number of halogens is 1. The van der Waals surface area contributed by atoms with Crippen LogP contribution in [0.15, 0.2) is 24.3 Å². The van der Waals surface area contributed by atoms with E-state index < -0.39 is 22.9 Å². The summed E-state index contributed by atoms with van der Waals surface area (Å²) in [7, 11) is 0. The molecule has 2 rings (SSSR count). The van der Waals surface area contributed by atoms with E-state index in [1.807, 2.05) is 13.8 Å². The molecule has 24 heavy (non-hydrogen) atoms. The molecule has 0 amide bonds. The van der Waals surface area contributed by atoms with Crippen molar-refractivity contribution in [2.75, 3.05) is 13.2 Å². The summed E-state index contributed by atoms with van der Waals surface area (Å²) in [6, 6.07) is 8.22. The van der Waals surface area contributed by atoms with Gasteiger partial charge in [0, 0.05) is 12.0 Å². The third-order valence-corrected chi connectivity index (χ3v) is 5.06. The maximum absolute atomic E-state index is 13.4. The Hall–Kier alpha value is -1.93. The second-order valence-corrected chi connectivity index (χ2v) is 6.56. The van der Waals surface area contributed by atoms with Crippen molar-refractivity contribution in [3.05, 3.63) is 35.6 Å². The standard InChI is InChI=1S/C19H24FNO3/c1-4-18(3)13-19(10-11-24-18,14-6-8-15(20)9-7-14)16(12-21)17(22)23-5-2/h6-9,16H,4-5,10-11,13H2,1-3H3/t16-,18-,19+/m0/s1. The summed E-state index contributed by atoms with van der Waals surface area (Å²) in [6.45, 7) is 6.39. The first-order valence-electron chi connectivity index (χ1n) is 8.37. The van der Waals surface area contributed by atoms with Crippen LogP contribution < -0.4 is 0 Å². The molecule has 130 valence electrons. The third kappa shape index (κ3) is 3.44. The van der Waals surface area contributed by atoms with Crippen LogP contribution in [0.3, 0.4) is 0 Å². The molecule has 1 aliphatic heterocycles. The molecule has 3 atom stereocenters. The van der Waals surface area contributed by atoms with E-state index in [0.717, 1.165) is 12.0 Å². The number of ether oxygens (including phenoxy) is 2. The number of carbonyl (C=O) groups excluding carboxylic acids is 1. The Morgan fingerprint density at radius 1 is 1.42 bits per heavy atom. The molecule has 0 saturated carbocycles. The monoisotopic (exact) mass is 333 g/mol. The number of esters is 1. The minimum atomic E-state index is -0.947. The van der Waals surface area contributed by atoms with E-state index in [1.165, 1.54) is 12.1 Å². The maximum Gasteiger partial charge on any atom is 0.324 e. The lowest BCUT2D eigenvalue weighted by Crippen LogP contribution is -2.51. The van der Waals surface area contributed by atoms with Gasteiger partial charge in [-0.2, -0.15) is 5.26 Å². The molecule has 1 saturated heterocycles. The van der Waals surface area contributed by atoms with Gasteiger partial charge in [0.05, 0.1) is 18.3 Å². The van der Waals surface area contributed by atoms with Crippen molar-refractivity contribution in [3.8, 4) is 6.07 Å². The molecule has 0 radical (unpaired) electrons. The number of carbonyl (C=O) groups is 1. The van der Waals surface area contributed by atoms with Crippen LogP contribution in [0.25, 0.3) is 0 Å². The summed E-state index contributed by atoms with van der Waals surface area (Å²) >= 11 is 0. The molecule has 0 bridgehead atoms. The summed E-state index contributed by atoms with van der Waals surface area (Å²) in [5, 5.41) is 9.73. The minimum Gasteiger partial charge on any atom is -0.465 e. The van der Waals surface area contributed by atoms with E-state index >= 15 is 0 Å². The number of benzene rings is 1. The second-order valence-electron chi connectivity index (χ2n) is 6.56. The molecule has 1 heterocycles. The first-order chi connectivity index (χ1) is 11.4. The highest BCUT2D eigenvalue weighted by molar-refractivity contribution is 5.77. The van der Waals surface area contributed by atoms with E-state index in [-0.39, 0.29) is 12.4 Å². The van der Waals surface area contributed by atoms with Crippen molar-refractivity contribution in [2.24, 2.45) is 5.92 Å². The Balaban J connectivity index is 2.54. The van der Waals surface area contributed by atoms with Gasteiger partial charge in [-0.15, -0.1) is 0 Å². The molecular weight excluding hydrogens is 309 g/mol. The predicted octanol–water partition coefficient (Wildman–Crippen LogP) is 3.75. The van der Waals surface area contributed by atoms with Gasteiger partial charge in [0.1, 0.15) is 5.82 Å². The van der Waals surface area contributed by atoms with Gasteiger partial charge in [-0.25, -0.2) is 4.39 Å². The number of nitrogens with zero attached hydrogens (tertiary/aromatic N) is 1. The normalized spacial score (nSPS) is 28.0. The van der Waals surface area contributed by atoms with Crippen molar-refractivity contribution < 1.29 is 18.7 Å². The average Bonchev–Trinajstić information content (AvgIpc) is 2.56. The van der Waals surface area contributed by atoms with Crippen molar-refractivity contribution in [1.29, 1.82) is 5.26 Å². The number of rotatable bonds is 5. The molecule has 0 N–H and O–H groups in total. The highest BCUT2D eigenvalue weighted by atomic mass is 19.1. The summed E-state index contributed by atoms with van der Waals surface area (Å²) in [4.78, 5) is 12.5. The second kappa shape index (κ2) is 7.31. The number of nitriles is 1. The number of hydrogen-bond acceptors (Lipinski definition) is 4. The zero-order chi connectivity index (χ0) is 17.8. The predicted molar refractivity (Wildman–Crippen MR) is 87.7 cm³/mol. The average molecular weight is 333 g/mol. The molecule has 1 aromatic carbocycles. The Bertz CT molecular complexity index is 624. The number of hydrogen-bond donors (Lipinski definition) is 0. The SMILES string of the molecule is CCOC(=O)[C@H](C#N)[C@]1(c2ccc(F)cc2)CCO[C@@](C)(CC)C1. The van der Waals surface area contributed by atoms with Crippen molar-refractivity contribution in [3.63, 3.8) is 0 Å². The largest absolute Gasteiger partial charge is 0.465 e. The molecule has 4 nitrogen and oxygen atoms in total. The zero-order valence-electron chi connectivity index (χ0n) is 14.5. The van der Waals surface area contributed by atoms with E-state index in [1.54, 1.807) is 19.1 Å². The van der Waals surface area contributed by atoms with Crippen LogP contribution >= 0.6 is 0 Å². The Morgan fingerprint density at radius 3 is 2.62 bits per heavy atom. The summed E-state index contributed by atoms with van der Waals surface area (Å²) < 4.78 is 24.4. The molecule has 5 heteroatoms. The van der Waals surface area contributed by atoms with Crippen LogP contribution in [-0.4, -0.2) is 24.8 Å². The third-order valence-electron chi connectivity index (χ3n) is 5.06.